The van der Waals surface area contributed by atoms with E-state index in [-0.39, 0.29) is 23.8 Å². The maximum absolute atomic E-state index is 11.9. The lowest BCUT2D eigenvalue weighted by molar-refractivity contribution is -0.148. The summed E-state index contributed by atoms with van der Waals surface area (Å²) >= 11 is 1.29. The van der Waals surface area contributed by atoms with Gasteiger partial charge in [-0.05, 0) is 19.3 Å². The van der Waals surface area contributed by atoms with Crippen molar-refractivity contribution in [2.45, 2.75) is 19.8 Å². The van der Waals surface area contributed by atoms with Gasteiger partial charge in [0.05, 0.1) is 17.2 Å². The molecule has 1 amide bonds. The van der Waals surface area contributed by atoms with Crippen molar-refractivity contribution in [2.75, 3.05) is 23.4 Å². The van der Waals surface area contributed by atoms with Gasteiger partial charge in [0.1, 0.15) is 0 Å². The third kappa shape index (κ3) is 5.61. The highest BCUT2D eigenvalue weighted by Gasteiger charge is 2.30. The van der Waals surface area contributed by atoms with Gasteiger partial charge in [0.25, 0.3) is 5.91 Å². The molecule has 0 radical (unpaired) electrons. The van der Waals surface area contributed by atoms with Crippen molar-refractivity contribution in [3.05, 3.63) is 35.2 Å². The fraction of sp³-hybridized carbons (Fsp3) is 0.389. The van der Waals surface area contributed by atoms with Gasteiger partial charge in [0.2, 0.25) is 0 Å². The third-order valence-electron chi connectivity index (χ3n) is 4.24. The van der Waals surface area contributed by atoms with E-state index in [9.17, 15) is 18.0 Å². The molecule has 0 bridgehead atoms. The minimum absolute atomic E-state index is 0.00913. The predicted molar refractivity (Wildman–Crippen MR) is 103 cm³/mol. The molecule has 1 aliphatic heterocycles. The van der Waals surface area contributed by atoms with Crippen LogP contribution in [0.4, 0.5) is 5.13 Å². The summed E-state index contributed by atoms with van der Waals surface area (Å²) in [5.41, 5.74) is 2.87. The Morgan fingerprint density at radius 1 is 1.30 bits per heavy atom. The van der Waals surface area contributed by atoms with E-state index in [0.717, 1.165) is 16.8 Å². The van der Waals surface area contributed by atoms with Gasteiger partial charge in [-0.2, -0.15) is 0 Å². The van der Waals surface area contributed by atoms with Crippen LogP contribution >= 0.6 is 11.3 Å². The average Bonchev–Trinajstić information content (AvgIpc) is 3.20. The Morgan fingerprint density at radius 3 is 2.70 bits per heavy atom. The first-order valence-corrected chi connectivity index (χ1v) is 11.2. The number of anilines is 1. The van der Waals surface area contributed by atoms with Crippen molar-refractivity contribution in [1.82, 2.24) is 4.98 Å². The smallest absolute Gasteiger partial charge is 0.306 e. The molecule has 0 saturated carbocycles. The molecule has 2 heterocycles. The van der Waals surface area contributed by atoms with E-state index in [1.54, 1.807) is 0 Å². The number of hydrogen-bond donors (Lipinski definition) is 1. The molecule has 0 spiro atoms. The highest BCUT2D eigenvalue weighted by atomic mass is 32.2. The topological polar surface area (TPSA) is 102 Å². The lowest BCUT2D eigenvalue weighted by atomic mass is 10.1. The van der Waals surface area contributed by atoms with Crippen LogP contribution in [0.1, 0.15) is 18.4 Å². The second-order valence-corrected chi connectivity index (χ2v) is 9.67. The molecule has 9 heteroatoms. The molecule has 1 aromatic carbocycles. The van der Waals surface area contributed by atoms with Crippen LogP contribution in [-0.2, 0) is 24.2 Å². The Kier molecular flexibility index (Phi) is 5.91. The molecule has 1 aromatic heterocycles. The monoisotopic (exact) mass is 408 g/mol. The largest absolute Gasteiger partial charge is 0.456 e. The van der Waals surface area contributed by atoms with Gasteiger partial charge >= 0.3 is 5.97 Å². The Hall–Kier alpha value is -2.26. The molecule has 1 atom stereocenters. The maximum atomic E-state index is 11.9. The zero-order chi connectivity index (χ0) is 19.4. The molecule has 27 heavy (non-hydrogen) atoms. The molecule has 1 saturated heterocycles. The van der Waals surface area contributed by atoms with Crippen LogP contribution in [0.3, 0.4) is 0 Å². The van der Waals surface area contributed by atoms with Crippen LogP contribution in [0, 0.1) is 12.8 Å². The summed E-state index contributed by atoms with van der Waals surface area (Å²) in [5.74, 6) is -1.14. The van der Waals surface area contributed by atoms with Gasteiger partial charge in [-0.3, -0.25) is 14.9 Å². The number of sulfone groups is 1. The Bertz CT molecular complexity index is 935. The number of nitrogens with zero attached hydrogens (tertiary/aromatic N) is 1. The van der Waals surface area contributed by atoms with Crippen LogP contribution in [0.5, 0.6) is 0 Å². The second-order valence-electron chi connectivity index (χ2n) is 6.59. The van der Waals surface area contributed by atoms with Crippen molar-refractivity contribution in [2.24, 2.45) is 5.92 Å². The zero-order valence-corrected chi connectivity index (χ0v) is 16.4. The summed E-state index contributed by atoms with van der Waals surface area (Å²) in [6, 6.07) is 7.89. The van der Waals surface area contributed by atoms with Crippen molar-refractivity contribution in [1.29, 1.82) is 0 Å². The lowest BCUT2D eigenvalue weighted by Gasteiger charge is -2.07. The van der Waals surface area contributed by atoms with Gasteiger partial charge < -0.3 is 4.74 Å². The number of thiazole rings is 1. The van der Waals surface area contributed by atoms with E-state index in [1.165, 1.54) is 11.3 Å². The van der Waals surface area contributed by atoms with Gasteiger partial charge in [-0.15, -0.1) is 11.3 Å². The molecular formula is C18H20N2O5S2. The van der Waals surface area contributed by atoms with Crippen LogP contribution in [-0.4, -0.2) is 43.4 Å². The number of hydrogen-bond acceptors (Lipinski definition) is 7. The number of aromatic nitrogens is 1. The molecule has 144 valence electrons. The SMILES string of the molecule is Cc1ccc(-c2csc(NC(=O)COC(=O)C[C@H]3CCS(=O)(=O)C3)n2)cc1. The molecule has 1 fully saturated rings. The zero-order valence-electron chi connectivity index (χ0n) is 14.8. The number of amides is 1. The number of esters is 1. The minimum atomic E-state index is -3.03. The quantitative estimate of drug-likeness (QED) is 0.737. The molecule has 2 aromatic rings. The number of benzene rings is 1. The highest BCUT2D eigenvalue weighted by Crippen LogP contribution is 2.25. The van der Waals surface area contributed by atoms with E-state index >= 15 is 0 Å². The van der Waals surface area contributed by atoms with E-state index in [1.807, 2.05) is 36.6 Å². The number of carbonyl (C=O) groups excluding carboxylic acids is 2. The van der Waals surface area contributed by atoms with Crippen molar-refractivity contribution < 1.29 is 22.7 Å². The fourth-order valence-corrected chi connectivity index (χ4v) is 5.41. The Labute approximate surface area is 161 Å². The molecule has 3 rings (SSSR count). The number of aryl methyl sites for hydroxylation is 1. The molecule has 1 aliphatic rings. The van der Waals surface area contributed by atoms with E-state index in [2.05, 4.69) is 10.3 Å². The lowest BCUT2D eigenvalue weighted by Crippen LogP contribution is -2.22. The Morgan fingerprint density at radius 2 is 2.04 bits per heavy atom. The minimum Gasteiger partial charge on any atom is -0.456 e. The number of ether oxygens (including phenoxy) is 1. The van der Waals surface area contributed by atoms with Gasteiger partial charge in [-0.25, -0.2) is 13.4 Å². The Balaban J connectivity index is 1.45. The summed E-state index contributed by atoms with van der Waals surface area (Å²) in [5, 5.41) is 4.87. The summed E-state index contributed by atoms with van der Waals surface area (Å²) < 4.78 is 27.7. The predicted octanol–water partition coefficient (Wildman–Crippen LogP) is 2.43. The van der Waals surface area contributed by atoms with Crippen LogP contribution in [0.2, 0.25) is 0 Å². The summed E-state index contributed by atoms with van der Waals surface area (Å²) in [6.45, 7) is 1.58. The molecule has 7 nitrogen and oxygen atoms in total. The van der Waals surface area contributed by atoms with Crippen LogP contribution in [0.25, 0.3) is 11.3 Å². The van der Waals surface area contributed by atoms with Gasteiger partial charge in [-0.1, -0.05) is 29.8 Å². The first kappa shape index (κ1) is 19.5. The van der Waals surface area contributed by atoms with Crippen molar-refractivity contribution >= 4 is 38.2 Å². The molecule has 0 unspecified atom stereocenters. The average molecular weight is 409 g/mol. The number of nitrogens with one attached hydrogen (secondary N) is 1. The van der Waals surface area contributed by atoms with Crippen LogP contribution in [0.15, 0.2) is 29.6 Å². The third-order valence-corrected chi connectivity index (χ3v) is 6.84. The first-order valence-electron chi connectivity index (χ1n) is 8.49. The highest BCUT2D eigenvalue weighted by molar-refractivity contribution is 7.91. The normalized spacial score (nSPS) is 18.2. The number of rotatable bonds is 6. The van der Waals surface area contributed by atoms with Gasteiger partial charge in [0, 0.05) is 17.4 Å². The van der Waals surface area contributed by atoms with Gasteiger partial charge in [0.15, 0.2) is 21.6 Å². The molecule has 0 aliphatic carbocycles. The van der Waals surface area contributed by atoms with Crippen LogP contribution < -0.4 is 5.32 Å². The molecular weight excluding hydrogens is 388 g/mol. The first-order chi connectivity index (χ1) is 12.8. The summed E-state index contributed by atoms with van der Waals surface area (Å²) in [4.78, 5) is 28.1. The summed E-state index contributed by atoms with van der Waals surface area (Å²) in [7, 11) is -3.03. The standard InChI is InChI=1S/C18H20N2O5S2/c1-12-2-4-14(5-3-12)15-10-26-18(19-15)20-16(21)9-25-17(22)8-13-6-7-27(23,24)11-13/h2-5,10,13H,6-9,11H2,1H3,(H,19,20,21)/t13-/m1/s1. The number of carbonyl (C=O) groups is 2. The second kappa shape index (κ2) is 8.18. The van der Waals surface area contributed by atoms with E-state index < -0.39 is 28.3 Å². The fourth-order valence-electron chi connectivity index (χ4n) is 2.82. The maximum Gasteiger partial charge on any atom is 0.306 e. The van der Waals surface area contributed by atoms with Crippen molar-refractivity contribution in [3.8, 4) is 11.3 Å². The van der Waals surface area contributed by atoms with Crippen molar-refractivity contribution in [3.63, 3.8) is 0 Å². The van der Waals surface area contributed by atoms with E-state index in [4.69, 9.17) is 4.74 Å². The molecule has 1 N–H and O–H groups in total. The van der Waals surface area contributed by atoms with E-state index in [0.29, 0.717) is 11.6 Å². The summed E-state index contributed by atoms with van der Waals surface area (Å²) in [6.07, 6.45) is 0.478.